The van der Waals surface area contributed by atoms with Crippen molar-refractivity contribution in [3.63, 3.8) is 0 Å². The van der Waals surface area contributed by atoms with Gasteiger partial charge in [-0.05, 0) is 31.7 Å². The number of nitrogens with two attached hydrogens (primary N) is 1. The van der Waals surface area contributed by atoms with Crippen LogP contribution in [0.2, 0.25) is 0 Å². The standard InChI is InChI=1S/C17H28N4O/c1-3-4-5-9-21(18)17(22)15-7-6-8-16(14-15)20-12-10-19(2)11-13-20/h6-8,14H,3-5,9-13,18H2,1-2H3. The Labute approximate surface area is 133 Å². The Balaban J connectivity index is 1.99. The highest BCUT2D eigenvalue weighted by molar-refractivity contribution is 5.94. The molecule has 0 aliphatic carbocycles. The summed E-state index contributed by atoms with van der Waals surface area (Å²) in [6.07, 6.45) is 3.18. The molecule has 1 fully saturated rings. The lowest BCUT2D eigenvalue weighted by atomic mass is 10.1. The van der Waals surface area contributed by atoms with E-state index in [1.54, 1.807) is 0 Å². The molecule has 5 heteroatoms. The van der Waals surface area contributed by atoms with Gasteiger partial charge in [0, 0.05) is 44.0 Å². The Morgan fingerprint density at radius 1 is 1.23 bits per heavy atom. The molecule has 22 heavy (non-hydrogen) atoms. The number of nitrogens with zero attached hydrogens (tertiary/aromatic N) is 3. The van der Waals surface area contributed by atoms with Crippen molar-refractivity contribution in [1.29, 1.82) is 0 Å². The average molecular weight is 304 g/mol. The lowest BCUT2D eigenvalue weighted by Crippen LogP contribution is -2.44. The maximum Gasteiger partial charge on any atom is 0.267 e. The first-order valence-electron chi connectivity index (χ1n) is 8.22. The third kappa shape index (κ3) is 4.45. The minimum atomic E-state index is -0.0907. The van der Waals surface area contributed by atoms with Crippen molar-refractivity contribution in [3.05, 3.63) is 29.8 Å². The first-order valence-corrected chi connectivity index (χ1v) is 8.22. The van der Waals surface area contributed by atoms with Crippen molar-refractivity contribution in [2.24, 2.45) is 5.84 Å². The van der Waals surface area contributed by atoms with E-state index in [-0.39, 0.29) is 5.91 Å². The largest absolute Gasteiger partial charge is 0.369 e. The van der Waals surface area contributed by atoms with Gasteiger partial charge in [0.1, 0.15) is 0 Å². The number of carbonyl (C=O) groups is 1. The monoisotopic (exact) mass is 304 g/mol. The van der Waals surface area contributed by atoms with E-state index in [4.69, 9.17) is 5.84 Å². The molecule has 1 heterocycles. The number of hydrogen-bond donors (Lipinski definition) is 1. The van der Waals surface area contributed by atoms with Gasteiger partial charge in [-0.25, -0.2) is 5.84 Å². The fraction of sp³-hybridized carbons (Fsp3) is 0.588. The van der Waals surface area contributed by atoms with Crippen molar-refractivity contribution in [3.8, 4) is 0 Å². The minimum Gasteiger partial charge on any atom is -0.369 e. The lowest BCUT2D eigenvalue weighted by molar-refractivity contribution is 0.0752. The summed E-state index contributed by atoms with van der Waals surface area (Å²) in [6.45, 7) is 6.86. The smallest absolute Gasteiger partial charge is 0.267 e. The molecule has 0 saturated carbocycles. The molecule has 1 saturated heterocycles. The Kier molecular flexibility index (Phi) is 6.21. The fourth-order valence-electron chi connectivity index (χ4n) is 2.70. The van der Waals surface area contributed by atoms with Crippen molar-refractivity contribution < 1.29 is 4.79 Å². The molecule has 5 nitrogen and oxygen atoms in total. The predicted octanol–water partition coefficient (Wildman–Crippen LogP) is 1.94. The molecule has 2 N–H and O–H groups in total. The third-order valence-electron chi connectivity index (χ3n) is 4.22. The highest BCUT2D eigenvalue weighted by Crippen LogP contribution is 2.18. The van der Waals surface area contributed by atoms with E-state index < -0.39 is 0 Å². The van der Waals surface area contributed by atoms with Crippen molar-refractivity contribution in [2.75, 3.05) is 44.7 Å². The number of benzene rings is 1. The van der Waals surface area contributed by atoms with E-state index in [9.17, 15) is 4.79 Å². The van der Waals surface area contributed by atoms with Gasteiger partial charge in [0.05, 0.1) is 0 Å². The second kappa shape index (κ2) is 8.15. The van der Waals surface area contributed by atoms with Crippen LogP contribution in [0.5, 0.6) is 0 Å². The van der Waals surface area contributed by atoms with Gasteiger partial charge >= 0.3 is 0 Å². The van der Waals surface area contributed by atoms with Gasteiger partial charge in [-0.1, -0.05) is 25.8 Å². The first-order chi connectivity index (χ1) is 10.6. The molecule has 0 bridgehead atoms. The van der Waals surface area contributed by atoms with Gasteiger partial charge in [0.25, 0.3) is 5.91 Å². The molecule has 0 spiro atoms. The molecule has 1 aliphatic rings. The van der Waals surface area contributed by atoms with Crippen LogP contribution in [-0.4, -0.2) is 55.6 Å². The Morgan fingerprint density at radius 3 is 2.64 bits per heavy atom. The number of carbonyl (C=O) groups excluding carboxylic acids is 1. The van der Waals surface area contributed by atoms with Crippen LogP contribution >= 0.6 is 0 Å². The zero-order valence-corrected chi connectivity index (χ0v) is 13.8. The van der Waals surface area contributed by atoms with Crippen LogP contribution < -0.4 is 10.7 Å². The van der Waals surface area contributed by atoms with Gasteiger partial charge in [-0.2, -0.15) is 0 Å². The van der Waals surface area contributed by atoms with E-state index in [2.05, 4.69) is 29.8 Å². The summed E-state index contributed by atoms with van der Waals surface area (Å²) in [6, 6.07) is 7.83. The number of piperazine rings is 1. The molecule has 0 atom stereocenters. The Hall–Kier alpha value is -1.59. The van der Waals surface area contributed by atoms with E-state index in [1.807, 2.05) is 18.2 Å². The van der Waals surface area contributed by atoms with Crippen LogP contribution in [0.15, 0.2) is 24.3 Å². The highest BCUT2D eigenvalue weighted by atomic mass is 16.2. The molecule has 0 radical (unpaired) electrons. The molecule has 0 unspecified atom stereocenters. The van der Waals surface area contributed by atoms with Gasteiger partial charge in [-0.15, -0.1) is 0 Å². The van der Waals surface area contributed by atoms with Crippen LogP contribution in [0.1, 0.15) is 36.5 Å². The molecule has 1 amide bonds. The number of anilines is 1. The normalized spacial score (nSPS) is 15.9. The number of unbranched alkanes of at least 4 members (excludes halogenated alkanes) is 2. The summed E-state index contributed by atoms with van der Waals surface area (Å²) >= 11 is 0. The van der Waals surface area contributed by atoms with Gasteiger partial charge < -0.3 is 9.80 Å². The van der Waals surface area contributed by atoms with E-state index in [0.717, 1.165) is 51.1 Å². The SMILES string of the molecule is CCCCCN(N)C(=O)c1cccc(N2CCN(C)CC2)c1. The van der Waals surface area contributed by atoms with E-state index >= 15 is 0 Å². The van der Waals surface area contributed by atoms with Crippen LogP contribution in [0.25, 0.3) is 0 Å². The number of likely N-dealkylation sites (N-methyl/N-ethyl adjacent to an activating group) is 1. The average Bonchev–Trinajstić information content (AvgIpc) is 2.55. The number of rotatable bonds is 6. The maximum absolute atomic E-state index is 12.4. The lowest BCUT2D eigenvalue weighted by Gasteiger charge is -2.34. The quantitative estimate of drug-likeness (QED) is 0.378. The van der Waals surface area contributed by atoms with Crippen molar-refractivity contribution in [2.45, 2.75) is 26.2 Å². The van der Waals surface area contributed by atoms with Gasteiger partial charge in [-0.3, -0.25) is 9.80 Å². The molecule has 1 aromatic carbocycles. The molecular weight excluding hydrogens is 276 g/mol. The summed E-state index contributed by atoms with van der Waals surface area (Å²) in [5, 5.41) is 1.35. The minimum absolute atomic E-state index is 0.0907. The van der Waals surface area contributed by atoms with Gasteiger partial charge in [0.2, 0.25) is 0 Å². The van der Waals surface area contributed by atoms with Crippen molar-refractivity contribution >= 4 is 11.6 Å². The van der Waals surface area contributed by atoms with Crippen LogP contribution in [0, 0.1) is 0 Å². The Bertz CT molecular complexity index is 483. The van der Waals surface area contributed by atoms with Crippen LogP contribution in [0.3, 0.4) is 0 Å². The number of hydrogen-bond acceptors (Lipinski definition) is 4. The number of amides is 1. The summed E-state index contributed by atoms with van der Waals surface area (Å²) in [7, 11) is 2.14. The van der Waals surface area contributed by atoms with Crippen molar-refractivity contribution in [1.82, 2.24) is 9.91 Å². The Morgan fingerprint density at radius 2 is 1.95 bits per heavy atom. The summed E-state index contributed by atoms with van der Waals surface area (Å²) < 4.78 is 0. The molecule has 1 aliphatic heterocycles. The van der Waals surface area contributed by atoms with E-state index in [1.165, 1.54) is 5.01 Å². The third-order valence-corrected chi connectivity index (χ3v) is 4.22. The van der Waals surface area contributed by atoms with Crippen LogP contribution in [-0.2, 0) is 0 Å². The molecule has 122 valence electrons. The maximum atomic E-state index is 12.4. The predicted molar refractivity (Wildman–Crippen MR) is 90.9 cm³/mol. The molecule has 2 rings (SSSR count). The zero-order chi connectivity index (χ0) is 15.9. The second-order valence-corrected chi connectivity index (χ2v) is 6.05. The fourth-order valence-corrected chi connectivity index (χ4v) is 2.70. The zero-order valence-electron chi connectivity index (χ0n) is 13.8. The number of hydrazine groups is 1. The first kappa shape index (κ1) is 16.8. The van der Waals surface area contributed by atoms with E-state index in [0.29, 0.717) is 12.1 Å². The molecule has 1 aromatic rings. The van der Waals surface area contributed by atoms with Crippen LogP contribution in [0.4, 0.5) is 5.69 Å². The topological polar surface area (TPSA) is 52.8 Å². The van der Waals surface area contributed by atoms with Gasteiger partial charge in [0.15, 0.2) is 0 Å². The second-order valence-electron chi connectivity index (χ2n) is 6.05. The molecule has 0 aromatic heterocycles. The summed E-state index contributed by atoms with van der Waals surface area (Å²) in [5.41, 5.74) is 1.79. The highest BCUT2D eigenvalue weighted by Gasteiger charge is 2.17. The summed E-state index contributed by atoms with van der Waals surface area (Å²) in [5.74, 6) is 5.81. The summed E-state index contributed by atoms with van der Waals surface area (Å²) in [4.78, 5) is 17.0. The molecular formula is C17H28N4O.